The van der Waals surface area contributed by atoms with Crippen molar-refractivity contribution in [3.63, 3.8) is 0 Å². The highest BCUT2D eigenvalue weighted by Gasteiger charge is 2.27. The minimum atomic E-state index is -0.606. The Morgan fingerprint density at radius 1 is 0.875 bits per heavy atom. The van der Waals surface area contributed by atoms with Crippen molar-refractivity contribution < 1.29 is 18.7 Å². The maximum Gasteiger partial charge on any atom is 0.257 e. The second-order valence-electron chi connectivity index (χ2n) is 9.50. The van der Waals surface area contributed by atoms with Crippen LogP contribution in [0.25, 0.3) is 11.3 Å². The van der Waals surface area contributed by atoms with E-state index in [1.807, 2.05) is 66.7 Å². The molecule has 9 heteroatoms. The molecule has 3 aromatic carbocycles. The number of benzene rings is 3. The Balaban J connectivity index is 1.22. The van der Waals surface area contributed by atoms with Gasteiger partial charge < -0.3 is 19.4 Å². The normalized spacial score (nSPS) is 13.2. The highest BCUT2D eigenvalue weighted by atomic mass is 19.1. The fraction of sp³-hybridized carbons (Fsp3) is 0.226. The van der Waals surface area contributed by atoms with Crippen LogP contribution in [0, 0.1) is 5.82 Å². The van der Waals surface area contributed by atoms with E-state index >= 15 is 0 Å². The maximum atomic E-state index is 14.4. The van der Waals surface area contributed by atoms with Crippen LogP contribution in [-0.2, 0) is 11.3 Å². The lowest BCUT2D eigenvalue weighted by Crippen LogP contribution is -2.52. The molecule has 0 atom stereocenters. The summed E-state index contributed by atoms with van der Waals surface area (Å²) < 4.78 is 19.7. The van der Waals surface area contributed by atoms with Gasteiger partial charge in [-0.25, -0.2) is 4.39 Å². The van der Waals surface area contributed by atoms with Gasteiger partial charge >= 0.3 is 0 Å². The lowest BCUT2D eigenvalue weighted by molar-refractivity contribution is -0.132. The first-order valence-electron chi connectivity index (χ1n) is 13.1. The van der Waals surface area contributed by atoms with Gasteiger partial charge in [-0.3, -0.25) is 9.59 Å². The molecule has 1 saturated heterocycles. The van der Waals surface area contributed by atoms with Crippen molar-refractivity contribution >= 4 is 17.6 Å². The fourth-order valence-electron chi connectivity index (χ4n) is 4.69. The Hall–Kier alpha value is -4.79. The van der Waals surface area contributed by atoms with Crippen LogP contribution < -0.4 is 9.64 Å². The van der Waals surface area contributed by atoms with Crippen molar-refractivity contribution in [3.8, 4) is 17.0 Å². The Bertz CT molecular complexity index is 1460. The third-order valence-electron chi connectivity index (χ3n) is 6.91. The summed E-state index contributed by atoms with van der Waals surface area (Å²) in [6.07, 6.45) is 0. The van der Waals surface area contributed by atoms with Crippen LogP contribution in [0.5, 0.6) is 5.75 Å². The predicted octanol–water partition coefficient (Wildman–Crippen LogP) is 4.28. The van der Waals surface area contributed by atoms with Crippen LogP contribution >= 0.6 is 0 Å². The SMILES string of the molecule is COc1cccc(-c2ccc(N3CCN(C(=O)CN(Cc4ccccc4)C(=O)c4ccccc4F)CC3)nn2)c1. The number of halogens is 1. The van der Waals surface area contributed by atoms with Gasteiger partial charge in [-0.15, -0.1) is 10.2 Å². The number of anilines is 1. The van der Waals surface area contributed by atoms with Gasteiger partial charge in [0.15, 0.2) is 5.82 Å². The zero-order valence-corrected chi connectivity index (χ0v) is 22.2. The van der Waals surface area contributed by atoms with Gasteiger partial charge in [0.1, 0.15) is 18.1 Å². The summed E-state index contributed by atoms with van der Waals surface area (Å²) >= 11 is 0. The van der Waals surface area contributed by atoms with Gasteiger partial charge in [-0.2, -0.15) is 0 Å². The molecule has 0 spiro atoms. The summed E-state index contributed by atoms with van der Waals surface area (Å²) in [5.41, 5.74) is 2.47. The predicted molar refractivity (Wildman–Crippen MR) is 150 cm³/mol. The molecule has 0 unspecified atom stereocenters. The maximum absolute atomic E-state index is 14.4. The van der Waals surface area contributed by atoms with E-state index in [0.717, 1.165) is 28.4 Å². The third kappa shape index (κ3) is 6.26. The van der Waals surface area contributed by atoms with Crippen molar-refractivity contribution in [2.75, 3.05) is 44.7 Å². The van der Waals surface area contributed by atoms with Gasteiger partial charge in [-0.1, -0.05) is 54.6 Å². The number of ether oxygens (including phenoxy) is 1. The molecule has 1 aliphatic heterocycles. The van der Waals surface area contributed by atoms with Gasteiger partial charge in [0.2, 0.25) is 5.91 Å². The Kier molecular flexibility index (Phi) is 8.29. The summed E-state index contributed by atoms with van der Waals surface area (Å²) in [5.74, 6) is 0.187. The lowest BCUT2D eigenvalue weighted by atomic mass is 10.1. The number of nitrogens with zero attached hydrogens (tertiary/aromatic N) is 5. The summed E-state index contributed by atoms with van der Waals surface area (Å²) in [4.78, 5) is 31.8. The molecule has 204 valence electrons. The van der Waals surface area contributed by atoms with E-state index in [9.17, 15) is 14.0 Å². The minimum Gasteiger partial charge on any atom is -0.497 e. The zero-order valence-electron chi connectivity index (χ0n) is 22.2. The number of hydrogen-bond donors (Lipinski definition) is 0. The van der Waals surface area contributed by atoms with E-state index in [2.05, 4.69) is 15.1 Å². The molecule has 0 saturated carbocycles. The summed E-state index contributed by atoms with van der Waals surface area (Å²) in [7, 11) is 1.63. The van der Waals surface area contributed by atoms with Crippen LogP contribution in [0.1, 0.15) is 15.9 Å². The van der Waals surface area contributed by atoms with Gasteiger partial charge in [0, 0.05) is 38.3 Å². The first-order valence-corrected chi connectivity index (χ1v) is 13.1. The van der Waals surface area contributed by atoms with Crippen LogP contribution in [0.4, 0.5) is 10.2 Å². The van der Waals surface area contributed by atoms with Crippen molar-refractivity contribution in [1.29, 1.82) is 0 Å². The molecule has 8 nitrogen and oxygen atoms in total. The molecule has 0 aliphatic carbocycles. The number of methoxy groups -OCH3 is 1. The number of carbonyl (C=O) groups excluding carboxylic acids is 2. The number of aromatic nitrogens is 2. The molecular formula is C31H30FN5O3. The fourth-order valence-corrected chi connectivity index (χ4v) is 4.69. The summed E-state index contributed by atoms with van der Waals surface area (Å²) in [5, 5.41) is 8.79. The lowest BCUT2D eigenvalue weighted by Gasteiger charge is -2.36. The second-order valence-corrected chi connectivity index (χ2v) is 9.50. The number of rotatable bonds is 8. The largest absolute Gasteiger partial charge is 0.497 e. The number of amides is 2. The van der Waals surface area contributed by atoms with E-state index in [1.165, 1.54) is 23.1 Å². The van der Waals surface area contributed by atoms with Crippen LogP contribution in [0.2, 0.25) is 0 Å². The molecule has 2 amide bonds. The second kappa shape index (κ2) is 12.4. The Morgan fingerprint density at radius 3 is 2.33 bits per heavy atom. The van der Waals surface area contributed by atoms with Crippen molar-refractivity contribution in [1.82, 2.24) is 20.0 Å². The molecule has 0 radical (unpaired) electrons. The van der Waals surface area contributed by atoms with Gasteiger partial charge in [0.25, 0.3) is 5.91 Å². The molecule has 0 bridgehead atoms. The van der Waals surface area contributed by atoms with E-state index in [0.29, 0.717) is 26.2 Å². The van der Waals surface area contributed by atoms with E-state index in [4.69, 9.17) is 4.74 Å². The van der Waals surface area contributed by atoms with Crippen molar-refractivity contribution in [3.05, 3.63) is 108 Å². The summed E-state index contributed by atoms with van der Waals surface area (Å²) in [6, 6.07) is 26.7. The monoisotopic (exact) mass is 539 g/mol. The number of piperazine rings is 1. The molecule has 1 fully saturated rings. The average molecular weight is 540 g/mol. The molecule has 40 heavy (non-hydrogen) atoms. The first kappa shape index (κ1) is 26.8. The van der Waals surface area contributed by atoms with E-state index in [1.54, 1.807) is 18.1 Å². The van der Waals surface area contributed by atoms with E-state index in [-0.39, 0.29) is 24.6 Å². The Labute approximate surface area is 232 Å². The smallest absolute Gasteiger partial charge is 0.257 e. The van der Waals surface area contributed by atoms with Crippen molar-refractivity contribution in [2.45, 2.75) is 6.54 Å². The van der Waals surface area contributed by atoms with Crippen molar-refractivity contribution in [2.24, 2.45) is 0 Å². The van der Waals surface area contributed by atoms with E-state index < -0.39 is 11.7 Å². The molecule has 5 rings (SSSR count). The standard InChI is InChI=1S/C31H30FN5O3/c1-40-25-11-7-10-24(20-25)28-14-15-29(34-33-28)35-16-18-36(19-17-35)30(38)22-37(21-23-8-3-2-4-9-23)31(39)26-12-5-6-13-27(26)32/h2-15,20H,16-19,21-22H2,1H3. The van der Waals surface area contributed by atoms with Crippen LogP contribution in [-0.4, -0.2) is 71.6 Å². The molecule has 2 heterocycles. The molecule has 4 aromatic rings. The number of hydrogen-bond acceptors (Lipinski definition) is 6. The molecule has 1 aliphatic rings. The highest BCUT2D eigenvalue weighted by molar-refractivity contribution is 5.96. The molecule has 0 N–H and O–H groups in total. The zero-order chi connectivity index (χ0) is 27.9. The topological polar surface area (TPSA) is 78.9 Å². The van der Waals surface area contributed by atoms with Gasteiger partial charge in [0.05, 0.1) is 18.4 Å². The first-order chi connectivity index (χ1) is 19.5. The molecular weight excluding hydrogens is 509 g/mol. The quantitative estimate of drug-likeness (QED) is 0.333. The number of carbonyl (C=O) groups is 2. The van der Waals surface area contributed by atoms with Gasteiger partial charge in [-0.05, 0) is 42.0 Å². The molecule has 1 aromatic heterocycles. The summed E-state index contributed by atoms with van der Waals surface area (Å²) in [6.45, 7) is 2.18. The van der Waals surface area contributed by atoms with Crippen LogP contribution in [0.3, 0.4) is 0 Å². The minimum absolute atomic E-state index is 0.0491. The average Bonchev–Trinajstić information content (AvgIpc) is 3.01. The van der Waals surface area contributed by atoms with Crippen LogP contribution in [0.15, 0.2) is 91.0 Å². The Morgan fingerprint density at radius 2 is 1.62 bits per heavy atom. The highest BCUT2D eigenvalue weighted by Crippen LogP contribution is 2.23. The third-order valence-corrected chi connectivity index (χ3v) is 6.91.